The van der Waals surface area contributed by atoms with Crippen LogP contribution in [0.25, 0.3) is 16.0 Å². The number of benzene rings is 2. The van der Waals surface area contributed by atoms with Crippen molar-refractivity contribution in [3.05, 3.63) is 104 Å². The van der Waals surface area contributed by atoms with E-state index in [-0.39, 0.29) is 87.2 Å². The summed E-state index contributed by atoms with van der Waals surface area (Å²) in [7, 11) is -1.53. The van der Waals surface area contributed by atoms with Gasteiger partial charge in [0.25, 0.3) is 14.1 Å². The summed E-state index contributed by atoms with van der Waals surface area (Å²) >= 11 is 0. The third-order valence-corrected chi connectivity index (χ3v) is 13.0. The Morgan fingerprint density at radius 3 is 2.25 bits per heavy atom. The van der Waals surface area contributed by atoms with Gasteiger partial charge in [-0.3, -0.25) is 23.9 Å². The lowest BCUT2D eigenvalue weighted by Crippen LogP contribution is -2.36. The van der Waals surface area contributed by atoms with E-state index in [1.807, 2.05) is 31.2 Å². The van der Waals surface area contributed by atoms with Crippen molar-refractivity contribution in [1.82, 2.24) is 24.9 Å². The van der Waals surface area contributed by atoms with Crippen molar-refractivity contribution in [3.8, 4) is 23.0 Å². The number of hydrogen-bond donors (Lipinski definition) is 3. The molecule has 0 spiro atoms. The Kier molecular flexibility index (Phi) is 19.6. The van der Waals surface area contributed by atoms with Gasteiger partial charge in [-0.05, 0) is 75.6 Å². The Morgan fingerprint density at radius 1 is 0.938 bits per heavy atom. The first-order valence-electron chi connectivity index (χ1n) is 22.1. The predicted octanol–water partition coefficient (Wildman–Crippen LogP) is 6.79. The Hall–Kier alpha value is -5.35. The van der Waals surface area contributed by atoms with E-state index in [1.54, 1.807) is 0 Å². The van der Waals surface area contributed by atoms with Crippen molar-refractivity contribution in [2.45, 2.75) is 122 Å². The second-order valence-corrected chi connectivity index (χ2v) is 17.5. The van der Waals surface area contributed by atoms with Gasteiger partial charge in [0.05, 0.1) is 25.4 Å². The van der Waals surface area contributed by atoms with Gasteiger partial charge in [0.2, 0.25) is 18.4 Å². The summed E-state index contributed by atoms with van der Waals surface area (Å²) in [6.45, 7) is 18.6. The number of unbranched alkanes of at least 4 members (excludes halogenated alkanes) is 3. The van der Waals surface area contributed by atoms with Crippen LogP contribution in [0.15, 0.2) is 64.3 Å². The van der Waals surface area contributed by atoms with Gasteiger partial charge >= 0.3 is 11.8 Å². The highest BCUT2D eigenvalue weighted by Crippen LogP contribution is 2.50. The number of hydrogen-bond acceptors (Lipinski definition) is 11. The lowest BCUT2D eigenvalue weighted by Gasteiger charge is -2.37. The fraction of sp³-hybridized carbons (Fsp3) is 0.532. The van der Waals surface area contributed by atoms with Crippen LogP contribution in [0.5, 0.6) is 0 Å². The summed E-state index contributed by atoms with van der Waals surface area (Å²) in [4.78, 5) is 68.3. The Labute approximate surface area is 376 Å². The fourth-order valence-electron chi connectivity index (χ4n) is 7.82. The van der Waals surface area contributed by atoms with Crippen molar-refractivity contribution in [1.29, 1.82) is 0 Å². The SMILES string of the molecule is [C-]#[N+]CCOP(OC1CC(n2cc(C#CCNC(=O)CCC(=O)NCCCCCCOC(=O)OCC3c4ccccc4-c4ccccc43)c(=O)[nH]c2=O)OC1CC)N(C(C)C)C(C)C. The molecular weight excluding hydrogens is 840 g/mol. The summed E-state index contributed by atoms with van der Waals surface area (Å²) in [5.74, 6) is 4.83. The molecule has 64 heavy (non-hydrogen) atoms. The topological polar surface area (TPSA) is 184 Å². The van der Waals surface area contributed by atoms with E-state index < -0.39 is 38.3 Å². The molecule has 1 saturated heterocycles. The third-order valence-electron chi connectivity index (χ3n) is 10.9. The number of fused-ring (bicyclic) bond motifs is 3. The number of aromatic amines is 1. The molecule has 1 fully saturated rings. The van der Waals surface area contributed by atoms with E-state index in [2.05, 4.69) is 88.9 Å². The molecule has 2 heterocycles. The van der Waals surface area contributed by atoms with Crippen LogP contribution in [0, 0.1) is 18.4 Å². The van der Waals surface area contributed by atoms with Crippen molar-refractivity contribution in [2.75, 3.05) is 39.5 Å². The maximum absolute atomic E-state index is 12.9. The maximum atomic E-state index is 12.9. The highest BCUT2D eigenvalue weighted by atomic mass is 31.2. The fourth-order valence-corrected chi connectivity index (χ4v) is 9.57. The van der Waals surface area contributed by atoms with E-state index in [4.69, 9.17) is 29.8 Å². The first kappa shape index (κ1) is 49.7. The Balaban J connectivity index is 0.961. The molecule has 5 rings (SSSR count). The van der Waals surface area contributed by atoms with Gasteiger partial charge in [-0.15, -0.1) is 0 Å². The zero-order valence-electron chi connectivity index (χ0n) is 37.4. The largest absolute Gasteiger partial charge is 0.508 e. The van der Waals surface area contributed by atoms with Crippen LogP contribution in [0.1, 0.15) is 115 Å². The van der Waals surface area contributed by atoms with E-state index >= 15 is 0 Å². The van der Waals surface area contributed by atoms with E-state index in [9.17, 15) is 24.0 Å². The molecule has 1 aliphatic carbocycles. The molecule has 0 radical (unpaired) electrons. The van der Waals surface area contributed by atoms with Crippen LogP contribution in [0.3, 0.4) is 0 Å². The van der Waals surface area contributed by atoms with E-state index in [1.165, 1.54) is 10.8 Å². The molecule has 2 aromatic carbocycles. The maximum Gasteiger partial charge on any atom is 0.508 e. The molecule has 344 valence electrons. The summed E-state index contributed by atoms with van der Waals surface area (Å²) in [6.07, 6.45) is 3.11. The van der Waals surface area contributed by atoms with E-state index in [0.717, 1.165) is 41.5 Å². The zero-order chi connectivity index (χ0) is 46.0. The smallest absolute Gasteiger partial charge is 0.434 e. The molecule has 2 amide bonds. The van der Waals surface area contributed by atoms with Crippen LogP contribution >= 0.6 is 8.53 Å². The number of carbonyl (C=O) groups excluding carboxylic acids is 3. The number of rotatable bonds is 23. The summed E-state index contributed by atoms with van der Waals surface area (Å²) in [5, 5.41) is 5.45. The Morgan fingerprint density at radius 2 is 1.59 bits per heavy atom. The summed E-state index contributed by atoms with van der Waals surface area (Å²) < 4.78 is 33.1. The van der Waals surface area contributed by atoms with Gasteiger partial charge in [-0.2, -0.15) is 0 Å². The molecule has 4 unspecified atom stereocenters. The standard InChI is InChI=1S/C47H61N6O10P/c1-7-40-41(63-64(61-28-26-48-6)53(32(2)3)33(4)5)29-44(62-40)52-30-34(45(56)51-46(52)57)17-16-25-50-43(55)23-22-42(54)49-24-14-8-9-15-27-59-47(58)60-31-39-37-20-12-10-18-35(37)36-19-11-13-21-38(36)39/h10-13,18-21,30,32-33,39-41,44H,7-9,14-15,22-29,31H2,1-5H3,(H,49,54)(H,50,55)(H,51,56,57). The average molecular weight is 901 g/mol. The van der Waals surface area contributed by atoms with Crippen molar-refractivity contribution in [2.24, 2.45) is 0 Å². The minimum absolute atomic E-state index is 0.00468. The Bertz CT molecular complexity index is 2210. The molecule has 16 nitrogen and oxygen atoms in total. The molecule has 4 atom stereocenters. The normalized spacial score (nSPS) is 17.0. The number of nitrogens with one attached hydrogen (secondary N) is 3. The molecule has 3 N–H and O–H groups in total. The van der Waals surface area contributed by atoms with Crippen molar-refractivity contribution in [3.63, 3.8) is 0 Å². The molecule has 3 aromatic rings. The molecule has 0 bridgehead atoms. The third kappa shape index (κ3) is 14.1. The minimum Gasteiger partial charge on any atom is -0.434 e. The average Bonchev–Trinajstić information content (AvgIpc) is 3.83. The molecule has 17 heteroatoms. The lowest BCUT2D eigenvalue weighted by molar-refractivity contribution is -0.126. The van der Waals surface area contributed by atoms with E-state index in [0.29, 0.717) is 25.8 Å². The van der Waals surface area contributed by atoms with Crippen LogP contribution in [-0.2, 0) is 32.8 Å². The highest BCUT2D eigenvalue weighted by molar-refractivity contribution is 7.44. The quantitative estimate of drug-likeness (QED) is 0.0300. The summed E-state index contributed by atoms with van der Waals surface area (Å²) in [6, 6.07) is 16.5. The zero-order valence-corrected chi connectivity index (χ0v) is 38.3. The van der Waals surface area contributed by atoms with Gasteiger partial charge in [0, 0.05) is 50.0 Å². The van der Waals surface area contributed by atoms with Gasteiger partial charge in [0.15, 0.2) is 0 Å². The van der Waals surface area contributed by atoms with Gasteiger partial charge in [0.1, 0.15) is 25.0 Å². The molecule has 1 aromatic heterocycles. The van der Waals surface area contributed by atoms with Crippen LogP contribution < -0.4 is 21.9 Å². The van der Waals surface area contributed by atoms with Crippen molar-refractivity contribution >= 4 is 26.5 Å². The first-order valence-corrected chi connectivity index (χ1v) is 23.3. The molecule has 1 aliphatic heterocycles. The molecule has 2 aliphatic rings. The molecular formula is C47H61N6O10P. The van der Waals surface area contributed by atoms with Gasteiger partial charge in [-0.25, -0.2) is 20.8 Å². The number of amides is 2. The van der Waals surface area contributed by atoms with Crippen molar-refractivity contribution < 1.29 is 37.6 Å². The second kappa shape index (κ2) is 25.2. The lowest BCUT2D eigenvalue weighted by atomic mass is 9.98. The number of ether oxygens (including phenoxy) is 3. The minimum atomic E-state index is -1.53. The monoisotopic (exact) mass is 900 g/mol. The number of aromatic nitrogens is 2. The van der Waals surface area contributed by atoms with Gasteiger partial charge in [-0.1, -0.05) is 73.7 Å². The number of H-pyrrole nitrogens is 1. The van der Waals surface area contributed by atoms with Crippen LogP contribution in [0.2, 0.25) is 0 Å². The number of carbonyl (C=O) groups is 3. The highest BCUT2D eigenvalue weighted by Gasteiger charge is 2.41. The van der Waals surface area contributed by atoms with Crippen LogP contribution in [-0.4, -0.2) is 95.9 Å². The van der Waals surface area contributed by atoms with Gasteiger partial charge < -0.3 is 38.7 Å². The number of nitrogens with zero attached hydrogens (tertiary/aromatic N) is 3. The predicted molar refractivity (Wildman–Crippen MR) is 243 cm³/mol. The molecule has 0 saturated carbocycles. The summed E-state index contributed by atoms with van der Waals surface area (Å²) in [5.41, 5.74) is 3.31. The van der Waals surface area contributed by atoms with Crippen LogP contribution in [0.4, 0.5) is 4.79 Å². The first-order chi connectivity index (χ1) is 30.9. The second-order valence-electron chi connectivity index (χ2n) is 16.1.